The second-order valence-corrected chi connectivity index (χ2v) is 3.41. The molecule has 0 atom stereocenters. The van der Waals surface area contributed by atoms with Crippen LogP contribution < -0.4 is 0 Å². The van der Waals surface area contributed by atoms with E-state index in [1.165, 1.54) is 13.0 Å². The Labute approximate surface area is 89.6 Å². The number of benzene rings is 1. The van der Waals surface area contributed by atoms with Crippen molar-refractivity contribution in [3.8, 4) is 0 Å². The Morgan fingerprint density at radius 2 is 1.93 bits per heavy atom. The van der Waals surface area contributed by atoms with E-state index in [0.717, 1.165) is 6.07 Å². The minimum absolute atomic E-state index is 0.0787. The zero-order valence-electron chi connectivity index (χ0n) is 7.08. The van der Waals surface area contributed by atoms with E-state index < -0.39 is 4.92 Å². The van der Waals surface area contributed by atoms with E-state index in [-0.39, 0.29) is 27.1 Å². The number of nitro benzene ring substituents is 1. The van der Waals surface area contributed by atoms with Crippen molar-refractivity contribution in [1.29, 1.82) is 0 Å². The molecule has 4 nitrogen and oxygen atoms in total. The largest absolute Gasteiger partial charge is 0.294 e. The second-order valence-electron chi connectivity index (χ2n) is 2.60. The van der Waals surface area contributed by atoms with Gasteiger partial charge in [0.1, 0.15) is 5.02 Å². The van der Waals surface area contributed by atoms with Gasteiger partial charge in [-0.2, -0.15) is 0 Å². The van der Waals surface area contributed by atoms with Crippen LogP contribution in [-0.4, -0.2) is 10.7 Å². The lowest BCUT2D eigenvalue weighted by Gasteiger charge is -2.01. The molecule has 0 saturated heterocycles. The van der Waals surface area contributed by atoms with Crippen LogP contribution in [0.25, 0.3) is 0 Å². The van der Waals surface area contributed by atoms with Gasteiger partial charge >= 0.3 is 0 Å². The summed E-state index contributed by atoms with van der Waals surface area (Å²) in [5.74, 6) is -0.338. The van der Waals surface area contributed by atoms with Gasteiger partial charge in [-0.15, -0.1) is 0 Å². The summed E-state index contributed by atoms with van der Waals surface area (Å²) in [7, 11) is 0. The smallest absolute Gasteiger partial charge is 0.288 e. The molecule has 0 heterocycles. The molecule has 0 aliphatic carbocycles. The third kappa shape index (κ3) is 2.02. The van der Waals surface area contributed by atoms with E-state index in [0.29, 0.717) is 0 Å². The lowest BCUT2D eigenvalue weighted by Crippen LogP contribution is -1.97. The standard InChI is InChI=1S/C8H5Cl2NO3/c1-4(12)5-2-8(11(13)14)7(10)3-6(5)9/h2-3H,1H3. The molecule has 0 unspecified atom stereocenters. The second kappa shape index (κ2) is 3.94. The van der Waals surface area contributed by atoms with Gasteiger partial charge in [-0.1, -0.05) is 23.2 Å². The molecule has 14 heavy (non-hydrogen) atoms. The van der Waals surface area contributed by atoms with Crippen LogP contribution in [0.3, 0.4) is 0 Å². The Morgan fingerprint density at radius 3 is 2.36 bits per heavy atom. The van der Waals surface area contributed by atoms with Gasteiger partial charge in [0.25, 0.3) is 5.69 Å². The van der Waals surface area contributed by atoms with Crippen molar-refractivity contribution in [2.45, 2.75) is 6.92 Å². The Bertz CT molecular complexity index is 382. The molecular weight excluding hydrogens is 229 g/mol. The van der Waals surface area contributed by atoms with Crippen molar-refractivity contribution in [1.82, 2.24) is 0 Å². The van der Waals surface area contributed by atoms with Crippen LogP contribution in [-0.2, 0) is 0 Å². The van der Waals surface area contributed by atoms with E-state index in [9.17, 15) is 14.9 Å². The predicted octanol–water partition coefficient (Wildman–Crippen LogP) is 3.10. The maximum atomic E-state index is 11.0. The Kier molecular flexibility index (Phi) is 3.08. The van der Waals surface area contributed by atoms with Crippen LogP contribution in [0.4, 0.5) is 5.69 Å². The molecular formula is C8H5Cl2NO3. The van der Waals surface area contributed by atoms with Crippen LogP contribution in [0.5, 0.6) is 0 Å². The summed E-state index contributed by atoms with van der Waals surface area (Å²) in [6.45, 7) is 1.28. The SMILES string of the molecule is CC(=O)c1cc([N+](=O)[O-])c(Cl)cc1Cl. The Hall–Kier alpha value is -1.13. The number of rotatable bonds is 2. The van der Waals surface area contributed by atoms with Gasteiger partial charge in [0.05, 0.1) is 9.95 Å². The van der Waals surface area contributed by atoms with Crippen LogP contribution in [0, 0.1) is 10.1 Å². The maximum absolute atomic E-state index is 11.0. The molecule has 0 aromatic heterocycles. The average Bonchev–Trinajstić information content (AvgIpc) is 2.02. The average molecular weight is 234 g/mol. The molecule has 74 valence electrons. The van der Waals surface area contributed by atoms with Gasteiger partial charge in [0, 0.05) is 11.6 Å². The highest BCUT2D eigenvalue weighted by Gasteiger charge is 2.17. The normalized spacial score (nSPS) is 9.93. The summed E-state index contributed by atoms with van der Waals surface area (Å²) in [5.41, 5.74) is -0.218. The zero-order chi connectivity index (χ0) is 10.9. The highest BCUT2D eigenvalue weighted by molar-refractivity contribution is 6.37. The number of carbonyl (C=O) groups is 1. The molecule has 1 aromatic rings. The fourth-order valence-corrected chi connectivity index (χ4v) is 1.53. The minimum Gasteiger partial charge on any atom is -0.294 e. The van der Waals surface area contributed by atoms with Gasteiger partial charge in [-0.25, -0.2) is 0 Å². The molecule has 0 radical (unpaired) electrons. The van der Waals surface area contributed by atoms with E-state index >= 15 is 0 Å². The number of halogens is 2. The summed E-state index contributed by atoms with van der Waals surface area (Å²) in [4.78, 5) is 20.8. The van der Waals surface area contributed by atoms with E-state index in [1.807, 2.05) is 0 Å². The number of ketones is 1. The Morgan fingerprint density at radius 1 is 1.36 bits per heavy atom. The van der Waals surface area contributed by atoms with Crippen LogP contribution in [0.1, 0.15) is 17.3 Å². The molecule has 0 spiro atoms. The molecule has 0 saturated carbocycles. The summed E-state index contributed by atoms with van der Waals surface area (Å²) in [6, 6.07) is 2.27. The fraction of sp³-hybridized carbons (Fsp3) is 0.125. The molecule has 0 aliphatic heterocycles. The molecule has 0 aliphatic rings. The van der Waals surface area contributed by atoms with Gasteiger partial charge in [0.15, 0.2) is 5.78 Å². The predicted molar refractivity (Wildman–Crippen MR) is 53.1 cm³/mol. The maximum Gasteiger partial charge on any atom is 0.288 e. The molecule has 1 rings (SSSR count). The molecule has 0 bridgehead atoms. The molecule has 0 amide bonds. The van der Waals surface area contributed by atoms with E-state index in [4.69, 9.17) is 23.2 Å². The first-order valence-electron chi connectivity index (χ1n) is 3.58. The molecule has 1 aromatic carbocycles. The van der Waals surface area contributed by atoms with E-state index in [2.05, 4.69) is 0 Å². The van der Waals surface area contributed by atoms with Crippen molar-refractivity contribution in [3.05, 3.63) is 37.9 Å². The van der Waals surface area contributed by atoms with Crippen molar-refractivity contribution >= 4 is 34.7 Å². The number of carbonyl (C=O) groups excluding carboxylic acids is 1. The Balaban J connectivity index is 3.42. The molecule has 0 N–H and O–H groups in total. The monoisotopic (exact) mass is 233 g/mol. The number of hydrogen-bond acceptors (Lipinski definition) is 3. The van der Waals surface area contributed by atoms with Gasteiger partial charge in [-0.3, -0.25) is 14.9 Å². The third-order valence-corrected chi connectivity index (χ3v) is 2.23. The van der Waals surface area contributed by atoms with Gasteiger partial charge in [0.2, 0.25) is 0 Å². The van der Waals surface area contributed by atoms with Gasteiger partial charge < -0.3 is 0 Å². The highest BCUT2D eigenvalue weighted by Crippen LogP contribution is 2.30. The first-order valence-corrected chi connectivity index (χ1v) is 4.33. The number of Topliss-reactive ketones (excluding diaryl/α,β-unsaturated/α-hetero) is 1. The van der Waals surface area contributed by atoms with E-state index in [1.54, 1.807) is 0 Å². The number of nitrogens with zero attached hydrogens (tertiary/aromatic N) is 1. The zero-order valence-corrected chi connectivity index (χ0v) is 8.59. The van der Waals surface area contributed by atoms with Crippen molar-refractivity contribution in [2.24, 2.45) is 0 Å². The van der Waals surface area contributed by atoms with Crippen LogP contribution in [0.2, 0.25) is 10.0 Å². The summed E-state index contributed by atoms with van der Waals surface area (Å²) >= 11 is 11.2. The summed E-state index contributed by atoms with van der Waals surface area (Å²) in [5, 5.41) is 10.5. The van der Waals surface area contributed by atoms with Gasteiger partial charge in [-0.05, 0) is 13.0 Å². The third-order valence-electron chi connectivity index (χ3n) is 1.61. The highest BCUT2D eigenvalue weighted by atomic mass is 35.5. The quantitative estimate of drug-likeness (QED) is 0.448. The number of nitro groups is 1. The van der Waals surface area contributed by atoms with Crippen molar-refractivity contribution < 1.29 is 9.72 Å². The first kappa shape index (κ1) is 10.9. The molecule has 0 fully saturated rings. The van der Waals surface area contributed by atoms with Crippen LogP contribution >= 0.6 is 23.2 Å². The molecule has 6 heteroatoms. The topological polar surface area (TPSA) is 60.2 Å². The van der Waals surface area contributed by atoms with Crippen molar-refractivity contribution in [2.75, 3.05) is 0 Å². The first-order chi connectivity index (χ1) is 6.43. The number of hydrogen-bond donors (Lipinski definition) is 0. The van der Waals surface area contributed by atoms with Crippen molar-refractivity contribution in [3.63, 3.8) is 0 Å². The lowest BCUT2D eigenvalue weighted by atomic mass is 10.1. The summed E-state index contributed by atoms with van der Waals surface area (Å²) in [6.07, 6.45) is 0. The van der Waals surface area contributed by atoms with Crippen LogP contribution in [0.15, 0.2) is 12.1 Å². The fourth-order valence-electron chi connectivity index (χ4n) is 0.947. The lowest BCUT2D eigenvalue weighted by molar-refractivity contribution is -0.384. The summed E-state index contributed by atoms with van der Waals surface area (Å²) < 4.78 is 0. The minimum atomic E-state index is -0.662.